The summed E-state index contributed by atoms with van der Waals surface area (Å²) in [4.78, 5) is 0. The number of benzene rings is 1. The highest BCUT2D eigenvalue weighted by atomic mass is 79.9. The molecular weight excluding hydrogens is 394 g/mol. The van der Waals surface area contributed by atoms with Crippen molar-refractivity contribution in [2.45, 2.75) is 19.4 Å². The molecule has 0 aromatic heterocycles. The van der Waals surface area contributed by atoms with E-state index in [1.807, 2.05) is 14.0 Å². The Hall–Kier alpha value is 0.0900. The van der Waals surface area contributed by atoms with E-state index in [1.54, 1.807) is 0 Å². The number of rotatable bonds is 3. The molecule has 0 aliphatic carbocycles. The Morgan fingerprint density at radius 2 is 2.00 bits per heavy atom. The average molecular weight is 411 g/mol. The molecule has 3 nitrogen and oxygen atoms in total. The van der Waals surface area contributed by atoms with Crippen LogP contribution in [0.1, 0.15) is 23.6 Å². The number of sulfone groups is 1. The summed E-state index contributed by atoms with van der Waals surface area (Å²) in [6.45, 7) is 2.03. The third kappa shape index (κ3) is 3.40. The highest BCUT2D eigenvalue weighted by molar-refractivity contribution is 9.11. The van der Waals surface area contributed by atoms with Crippen LogP contribution >= 0.6 is 31.9 Å². The zero-order chi connectivity index (χ0) is 14.2. The fourth-order valence-electron chi connectivity index (χ4n) is 2.63. The Labute approximate surface area is 131 Å². The first kappa shape index (κ1) is 15.5. The second kappa shape index (κ2) is 5.84. The van der Waals surface area contributed by atoms with E-state index >= 15 is 0 Å². The lowest BCUT2D eigenvalue weighted by atomic mass is 9.92. The number of aryl methyl sites for hydroxylation is 1. The normalized spacial score (nSPS) is 23.5. The Morgan fingerprint density at radius 3 is 2.53 bits per heavy atom. The summed E-state index contributed by atoms with van der Waals surface area (Å²) >= 11 is 7.13. The maximum absolute atomic E-state index is 11.6. The molecule has 2 rings (SSSR count). The molecule has 19 heavy (non-hydrogen) atoms. The lowest BCUT2D eigenvalue weighted by Crippen LogP contribution is -2.26. The van der Waals surface area contributed by atoms with E-state index in [0.29, 0.717) is 5.75 Å². The Balaban J connectivity index is 2.35. The predicted octanol–water partition coefficient (Wildman–Crippen LogP) is 3.22. The molecule has 0 amide bonds. The van der Waals surface area contributed by atoms with E-state index < -0.39 is 9.84 Å². The van der Waals surface area contributed by atoms with E-state index in [1.165, 1.54) is 0 Å². The van der Waals surface area contributed by atoms with Gasteiger partial charge in [-0.25, -0.2) is 8.42 Å². The van der Waals surface area contributed by atoms with Crippen molar-refractivity contribution in [3.8, 4) is 0 Å². The van der Waals surface area contributed by atoms with Gasteiger partial charge in [-0.3, -0.25) is 0 Å². The molecule has 1 N–H and O–H groups in total. The van der Waals surface area contributed by atoms with Gasteiger partial charge in [0.2, 0.25) is 0 Å². The highest BCUT2D eigenvalue weighted by Crippen LogP contribution is 2.37. The van der Waals surface area contributed by atoms with E-state index in [4.69, 9.17) is 0 Å². The lowest BCUT2D eigenvalue weighted by molar-refractivity contribution is 0.417. The monoisotopic (exact) mass is 409 g/mol. The molecular formula is C13H17Br2NO2S. The molecule has 6 heteroatoms. The molecule has 1 aliphatic heterocycles. The molecule has 1 aromatic carbocycles. The van der Waals surface area contributed by atoms with E-state index in [2.05, 4.69) is 49.3 Å². The van der Waals surface area contributed by atoms with Gasteiger partial charge in [0.15, 0.2) is 9.84 Å². The highest BCUT2D eigenvalue weighted by Gasteiger charge is 2.34. The van der Waals surface area contributed by atoms with Crippen LogP contribution in [0.5, 0.6) is 0 Å². The maximum Gasteiger partial charge on any atom is 0.150 e. The van der Waals surface area contributed by atoms with Crippen molar-refractivity contribution in [2.75, 3.05) is 18.6 Å². The van der Waals surface area contributed by atoms with Crippen LogP contribution in [0.25, 0.3) is 0 Å². The van der Waals surface area contributed by atoms with Gasteiger partial charge < -0.3 is 5.32 Å². The van der Waals surface area contributed by atoms with Crippen molar-refractivity contribution in [3.05, 3.63) is 32.2 Å². The van der Waals surface area contributed by atoms with Gasteiger partial charge in [0.25, 0.3) is 0 Å². The quantitative estimate of drug-likeness (QED) is 0.831. The molecule has 2 unspecified atom stereocenters. The molecule has 0 spiro atoms. The summed E-state index contributed by atoms with van der Waals surface area (Å²) in [5.41, 5.74) is 2.27. The lowest BCUT2D eigenvalue weighted by Gasteiger charge is -2.24. The summed E-state index contributed by atoms with van der Waals surface area (Å²) in [6, 6.07) is 4.20. The SMILES string of the molecule is CNC(c1cc(Br)c(C)cc1Br)C1CCS(=O)(=O)C1. The molecule has 0 saturated carbocycles. The van der Waals surface area contributed by atoms with Crippen molar-refractivity contribution in [1.29, 1.82) is 0 Å². The number of nitrogens with one attached hydrogen (secondary N) is 1. The zero-order valence-corrected chi connectivity index (χ0v) is 14.9. The van der Waals surface area contributed by atoms with Crippen molar-refractivity contribution in [3.63, 3.8) is 0 Å². The third-order valence-corrected chi connectivity index (χ3v) is 7.00. The second-order valence-corrected chi connectivity index (χ2v) is 8.99. The summed E-state index contributed by atoms with van der Waals surface area (Å²) in [7, 11) is -0.972. The van der Waals surface area contributed by atoms with Crippen LogP contribution in [0, 0.1) is 12.8 Å². The van der Waals surface area contributed by atoms with Gasteiger partial charge in [0.05, 0.1) is 11.5 Å². The van der Waals surface area contributed by atoms with Gasteiger partial charge in [-0.1, -0.05) is 31.9 Å². The van der Waals surface area contributed by atoms with E-state index in [-0.39, 0.29) is 17.7 Å². The summed E-state index contributed by atoms with van der Waals surface area (Å²) in [5.74, 6) is 0.720. The first-order valence-corrected chi connectivity index (χ1v) is 9.58. The second-order valence-electron chi connectivity index (χ2n) is 5.05. The van der Waals surface area contributed by atoms with Crippen molar-refractivity contribution < 1.29 is 8.42 Å². The smallest absolute Gasteiger partial charge is 0.150 e. The standard InChI is InChI=1S/C13H17Br2NO2S/c1-8-5-12(15)10(6-11(8)14)13(16-2)9-3-4-19(17,18)7-9/h5-6,9,13,16H,3-4,7H2,1-2H3. The molecule has 2 atom stereocenters. The molecule has 1 fully saturated rings. The molecule has 106 valence electrons. The van der Waals surface area contributed by atoms with Gasteiger partial charge >= 0.3 is 0 Å². The summed E-state index contributed by atoms with van der Waals surface area (Å²) in [5, 5.41) is 3.27. The fourth-order valence-corrected chi connectivity index (χ4v) is 5.54. The van der Waals surface area contributed by atoms with Gasteiger partial charge in [0.1, 0.15) is 0 Å². The van der Waals surface area contributed by atoms with Crippen LogP contribution in [-0.2, 0) is 9.84 Å². The maximum atomic E-state index is 11.6. The van der Waals surface area contributed by atoms with Gasteiger partial charge in [0, 0.05) is 15.0 Å². The average Bonchev–Trinajstić information content (AvgIpc) is 2.67. The van der Waals surface area contributed by atoms with Crippen LogP contribution in [0.4, 0.5) is 0 Å². The Bertz CT molecular complexity index is 587. The minimum absolute atomic E-state index is 0.0588. The third-order valence-electron chi connectivity index (χ3n) is 3.66. The van der Waals surface area contributed by atoms with Gasteiger partial charge in [-0.05, 0) is 49.6 Å². The minimum atomic E-state index is -2.86. The summed E-state index contributed by atoms with van der Waals surface area (Å²) < 4.78 is 25.4. The topological polar surface area (TPSA) is 46.2 Å². The molecule has 0 radical (unpaired) electrons. The van der Waals surface area contributed by atoms with E-state index in [9.17, 15) is 8.42 Å². The fraction of sp³-hybridized carbons (Fsp3) is 0.538. The largest absolute Gasteiger partial charge is 0.313 e. The first-order chi connectivity index (χ1) is 8.84. The van der Waals surface area contributed by atoms with Gasteiger partial charge in [-0.2, -0.15) is 0 Å². The van der Waals surface area contributed by atoms with Crippen molar-refractivity contribution in [2.24, 2.45) is 5.92 Å². The molecule has 1 aromatic rings. The number of halogens is 2. The summed E-state index contributed by atoms with van der Waals surface area (Å²) in [6.07, 6.45) is 0.728. The van der Waals surface area contributed by atoms with Gasteiger partial charge in [-0.15, -0.1) is 0 Å². The molecule has 1 heterocycles. The number of hydrogen-bond donors (Lipinski definition) is 1. The van der Waals surface area contributed by atoms with Crippen LogP contribution in [0.2, 0.25) is 0 Å². The van der Waals surface area contributed by atoms with Crippen LogP contribution in [-0.4, -0.2) is 27.0 Å². The first-order valence-electron chi connectivity index (χ1n) is 6.17. The van der Waals surface area contributed by atoms with E-state index in [0.717, 1.165) is 26.5 Å². The molecule has 1 saturated heterocycles. The van der Waals surface area contributed by atoms with Crippen molar-refractivity contribution >= 4 is 41.7 Å². The molecule has 0 bridgehead atoms. The van der Waals surface area contributed by atoms with Crippen molar-refractivity contribution in [1.82, 2.24) is 5.32 Å². The predicted molar refractivity (Wildman–Crippen MR) is 85.1 cm³/mol. The van der Waals surface area contributed by atoms with Crippen LogP contribution in [0.15, 0.2) is 21.1 Å². The number of hydrogen-bond acceptors (Lipinski definition) is 3. The van der Waals surface area contributed by atoms with Crippen LogP contribution in [0.3, 0.4) is 0 Å². The molecule has 1 aliphatic rings. The van der Waals surface area contributed by atoms with Crippen LogP contribution < -0.4 is 5.32 Å². The minimum Gasteiger partial charge on any atom is -0.313 e. The zero-order valence-electron chi connectivity index (χ0n) is 10.9. The Morgan fingerprint density at radius 1 is 1.32 bits per heavy atom. The Kier molecular flexibility index (Phi) is 4.75.